The molecule has 1 aliphatic rings. The zero-order valence-corrected chi connectivity index (χ0v) is 15.7. The van der Waals surface area contributed by atoms with Crippen molar-refractivity contribution in [3.8, 4) is 11.5 Å². The standard InChI is InChI=1S/C22H14N2O3S/c1-23-19-16(28)10-13(22-24-14-8-4-5-9-15(14)27-22)17-18(19)21(26)12-7-3-2-6-11(12)20(17)25/h2-10,23,28H,1H3. The largest absolute Gasteiger partial charge is 0.436 e. The molecule has 1 aromatic heterocycles. The predicted octanol–water partition coefficient (Wildman–Crippen LogP) is 4.60. The van der Waals surface area contributed by atoms with Gasteiger partial charge in [-0.25, -0.2) is 4.98 Å². The van der Waals surface area contributed by atoms with Crippen LogP contribution in [0.15, 0.2) is 63.9 Å². The smallest absolute Gasteiger partial charge is 0.228 e. The van der Waals surface area contributed by atoms with Crippen LogP contribution in [-0.4, -0.2) is 23.6 Å². The van der Waals surface area contributed by atoms with E-state index in [0.717, 1.165) is 0 Å². The van der Waals surface area contributed by atoms with Gasteiger partial charge in [0.25, 0.3) is 0 Å². The highest BCUT2D eigenvalue weighted by atomic mass is 32.1. The first-order valence-corrected chi connectivity index (χ1v) is 9.17. The fraction of sp³-hybridized carbons (Fsp3) is 0.0455. The van der Waals surface area contributed by atoms with Crippen LogP contribution in [0, 0.1) is 0 Å². The molecule has 1 aliphatic carbocycles. The van der Waals surface area contributed by atoms with Gasteiger partial charge in [-0.05, 0) is 18.2 Å². The highest BCUT2D eigenvalue weighted by Gasteiger charge is 2.35. The van der Waals surface area contributed by atoms with Crippen molar-refractivity contribution >= 4 is 41.0 Å². The molecular weight excluding hydrogens is 372 g/mol. The summed E-state index contributed by atoms with van der Waals surface area (Å²) in [6.07, 6.45) is 0. The summed E-state index contributed by atoms with van der Waals surface area (Å²) in [7, 11) is 1.70. The molecule has 0 unspecified atom stereocenters. The lowest BCUT2D eigenvalue weighted by Crippen LogP contribution is -2.23. The molecule has 0 saturated heterocycles. The molecule has 5 nitrogen and oxygen atoms in total. The molecule has 0 amide bonds. The minimum atomic E-state index is -0.229. The molecule has 0 atom stereocenters. The molecule has 1 N–H and O–H groups in total. The van der Waals surface area contributed by atoms with Gasteiger partial charge in [-0.1, -0.05) is 36.4 Å². The maximum atomic E-state index is 13.4. The van der Waals surface area contributed by atoms with Crippen LogP contribution < -0.4 is 5.32 Å². The number of aromatic nitrogens is 1. The van der Waals surface area contributed by atoms with Gasteiger partial charge >= 0.3 is 0 Å². The number of fused-ring (bicyclic) bond motifs is 3. The Morgan fingerprint density at radius 1 is 0.893 bits per heavy atom. The van der Waals surface area contributed by atoms with Gasteiger partial charge in [-0.15, -0.1) is 12.6 Å². The molecule has 3 aromatic carbocycles. The lowest BCUT2D eigenvalue weighted by atomic mass is 9.81. The van der Waals surface area contributed by atoms with Gasteiger partial charge in [0, 0.05) is 28.6 Å². The molecule has 0 radical (unpaired) electrons. The van der Waals surface area contributed by atoms with E-state index in [1.54, 1.807) is 37.4 Å². The molecule has 4 aromatic rings. The van der Waals surface area contributed by atoms with Crippen molar-refractivity contribution in [2.45, 2.75) is 4.90 Å². The number of para-hydroxylation sites is 2. The fourth-order valence-electron chi connectivity index (χ4n) is 3.69. The van der Waals surface area contributed by atoms with Crippen LogP contribution in [0.5, 0.6) is 0 Å². The number of benzene rings is 3. The van der Waals surface area contributed by atoms with Crippen LogP contribution in [-0.2, 0) is 0 Å². The van der Waals surface area contributed by atoms with Crippen molar-refractivity contribution < 1.29 is 14.0 Å². The predicted molar refractivity (Wildman–Crippen MR) is 110 cm³/mol. The summed E-state index contributed by atoms with van der Waals surface area (Å²) in [4.78, 5) is 31.7. The second-order valence-corrected chi connectivity index (χ2v) is 6.99. The first-order chi connectivity index (χ1) is 13.6. The van der Waals surface area contributed by atoms with Gasteiger partial charge < -0.3 is 9.73 Å². The minimum Gasteiger partial charge on any atom is -0.436 e. The van der Waals surface area contributed by atoms with E-state index in [-0.39, 0.29) is 23.0 Å². The molecule has 0 saturated carbocycles. The van der Waals surface area contributed by atoms with E-state index in [1.807, 2.05) is 24.3 Å². The Labute approximate surface area is 165 Å². The van der Waals surface area contributed by atoms with E-state index in [4.69, 9.17) is 4.42 Å². The number of oxazole rings is 1. The van der Waals surface area contributed by atoms with Crippen LogP contribution in [0.1, 0.15) is 31.8 Å². The number of ketones is 2. The monoisotopic (exact) mass is 386 g/mol. The van der Waals surface area contributed by atoms with Crippen LogP contribution in [0.2, 0.25) is 0 Å². The van der Waals surface area contributed by atoms with Gasteiger partial charge in [0.05, 0.1) is 16.8 Å². The SMILES string of the molecule is CNc1c(S)cc(-c2nc3ccccc3o2)c2c1C(=O)c1ccccc1C2=O. The van der Waals surface area contributed by atoms with Gasteiger partial charge in [0.2, 0.25) is 5.89 Å². The summed E-state index contributed by atoms with van der Waals surface area (Å²) in [5.74, 6) is -0.161. The summed E-state index contributed by atoms with van der Waals surface area (Å²) in [5.41, 5.74) is 3.63. The van der Waals surface area contributed by atoms with Gasteiger partial charge in [0.1, 0.15) is 5.52 Å². The number of nitrogens with one attached hydrogen (secondary N) is 1. The zero-order chi connectivity index (χ0) is 19.4. The van der Waals surface area contributed by atoms with Gasteiger partial charge in [-0.2, -0.15) is 0 Å². The van der Waals surface area contributed by atoms with Crippen LogP contribution in [0.25, 0.3) is 22.6 Å². The molecule has 0 aliphatic heterocycles. The van der Waals surface area contributed by atoms with E-state index in [1.165, 1.54) is 0 Å². The van der Waals surface area contributed by atoms with Crippen LogP contribution >= 0.6 is 12.6 Å². The Bertz CT molecular complexity index is 1270. The number of carbonyl (C=O) groups excluding carboxylic acids is 2. The molecule has 0 spiro atoms. The molecular formula is C22H14N2O3S. The number of rotatable bonds is 2. The molecule has 6 heteroatoms. The minimum absolute atomic E-state index is 0.220. The third kappa shape index (κ3) is 2.25. The molecule has 1 heterocycles. The molecule has 136 valence electrons. The summed E-state index contributed by atoms with van der Waals surface area (Å²) in [6.45, 7) is 0. The van der Waals surface area contributed by atoms with E-state index < -0.39 is 0 Å². The molecule has 5 rings (SSSR count). The van der Waals surface area contributed by atoms with Crippen molar-refractivity contribution in [2.75, 3.05) is 12.4 Å². The van der Waals surface area contributed by atoms with E-state index in [2.05, 4.69) is 22.9 Å². The van der Waals surface area contributed by atoms with Crippen LogP contribution in [0.3, 0.4) is 0 Å². The van der Waals surface area contributed by atoms with E-state index >= 15 is 0 Å². The third-order valence-corrected chi connectivity index (χ3v) is 5.30. The molecule has 0 fully saturated rings. The number of hydrogen-bond acceptors (Lipinski definition) is 6. The number of carbonyl (C=O) groups is 2. The number of thiol groups is 1. The Hall–Kier alpha value is -3.38. The quantitative estimate of drug-likeness (QED) is 0.434. The first kappa shape index (κ1) is 16.8. The second-order valence-electron chi connectivity index (χ2n) is 6.51. The third-order valence-electron chi connectivity index (χ3n) is 4.95. The Morgan fingerprint density at radius 2 is 1.54 bits per heavy atom. The number of anilines is 1. The van der Waals surface area contributed by atoms with Crippen molar-refractivity contribution in [1.29, 1.82) is 0 Å². The van der Waals surface area contributed by atoms with E-state index in [0.29, 0.717) is 43.9 Å². The summed E-state index contributed by atoms with van der Waals surface area (Å²) >= 11 is 4.54. The maximum Gasteiger partial charge on any atom is 0.228 e. The summed E-state index contributed by atoms with van der Waals surface area (Å²) in [6, 6.07) is 15.9. The summed E-state index contributed by atoms with van der Waals surface area (Å²) < 4.78 is 5.89. The zero-order valence-electron chi connectivity index (χ0n) is 14.8. The molecule has 28 heavy (non-hydrogen) atoms. The van der Waals surface area contributed by atoms with Crippen LogP contribution in [0.4, 0.5) is 5.69 Å². The highest BCUT2D eigenvalue weighted by molar-refractivity contribution is 7.80. The Kier molecular flexibility index (Phi) is 3.64. The first-order valence-electron chi connectivity index (χ1n) is 8.72. The van der Waals surface area contributed by atoms with Crippen molar-refractivity contribution in [1.82, 2.24) is 4.98 Å². The number of hydrogen-bond donors (Lipinski definition) is 2. The van der Waals surface area contributed by atoms with Crippen molar-refractivity contribution in [3.05, 3.63) is 76.9 Å². The lowest BCUT2D eigenvalue weighted by molar-refractivity contribution is 0.0980. The fourth-order valence-corrected chi connectivity index (χ4v) is 4.04. The Balaban J connectivity index is 1.87. The van der Waals surface area contributed by atoms with Crippen molar-refractivity contribution in [3.63, 3.8) is 0 Å². The number of nitrogens with zero attached hydrogens (tertiary/aromatic N) is 1. The van der Waals surface area contributed by atoms with Crippen molar-refractivity contribution in [2.24, 2.45) is 0 Å². The normalized spacial score (nSPS) is 12.8. The lowest BCUT2D eigenvalue weighted by Gasteiger charge is -2.23. The van der Waals surface area contributed by atoms with Gasteiger partial charge in [-0.3, -0.25) is 9.59 Å². The van der Waals surface area contributed by atoms with E-state index in [9.17, 15) is 9.59 Å². The van der Waals surface area contributed by atoms with Gasteiger partial charge in [0.15, 0.2) is 17.1 Å². The second kappa shape index (κ2) is 6.07. The maximum absolute atomic E-state index is 13.4. The average molecular weight is 386 g/mol. The molecule has 0 bridgehead atoms. The highest BCUT2D eigenvalue weighted by Crippen LogP contribution is 2.41. The summed E-state index contributed by atoms with van der Waals surface area (Å²) in [5, 5.41) is 3.01. The topological polar surface area (TPSA) is 72.2 Å². The average Bonchev–Trinajstić information content (AvgIpc) is 3.15. The Morgan fingerprint density at radius 3 is 2.21 bits per heavy atom.